The highest BCUT2D eigenvalue weighted by Gasteiger charge is 2.36. The highest BCUT2D eigenvalue weighted by molar-refractivity contribution is 5.92. The minimum absolute atomic E-state index is 0.211. The smallest absolute Gasteiger partial charge is 0.290 e. The minimum Gasteiger partial charge on any atom is -0.455 e. The Labute approximate surface area is 128 Å². The van der Waals surface area contributed by atoms with E-state index in [4.69, 9.17) is 10.2 Å². The Morgan fingerprint density at radius 2 is 2.14 bits per heavy atom. The van der Waals surface area contributed by atoms with E-state index in [1.165, 1.54) is 6.07 Å². The van der Waals surface area contributed by atoms with Gasteiger partial charge in [-0.25, -0.2) is 4.39 Å². The molecule has 2 aromatic rings. The first-order valence-corrected chi connectivity index (χ1v) is 7.44. The molecule has 2 heterocycles. The fraction of sp³-hybridized carbons (Fsp3) is 0.353. The number of nitrogens with two attached hydrogens (primary N) is 1. The second-order valence-electron chi connectivity index (χ2n) is 5.81. The van der Waals surface area contributed by atoms with E-state index in [2.05, 4.69) is 6.92 Å². The largest absolute Gasteiger partial charge is 0.455 e. The van der Waals surface area contributed by atoms with Gasteiger partial charge in [-0.05, 0) is 30.5 Å². The molecule has 2 atom stereocenters. The molecule has 1 aliphatic heterocycles. The van der Waals surface area contributed by atoms with Gasteiger partial charge in [0.05, 0.1) is 12.6 Å². The molecule has 0 bridgehead atoms. The van der Waals surface area contributed by atoms with Gasteiger partial charge in [0.15, 0.2) is 5.76 Å². The van der Waals surface area contributed by atoms with Gasteiger partial charge in [0.25, 0.3) is 5.91 Å². The summed E-state index contributed by atoms with van der Waals surface area (Å²) in [7, 11) is 0. The Morgan fingerprint density at radius 3 is 2.82 bits per heavy atom. The van der Waals surface area contributed by atoms with Crippen LogP contribution in [-0.2, 0) is 6.54 Å². The Balaban J connectivity index is 1.90. The molecule has 1 aromatic heterocycles. The number of benzene rings is 1. The van der Waals surface area contributed by atoms with Crippen LogP contribution in [0.5, 0.6) is 0 Å². The first-order chi connectivity index (χ1) is 10.6. The summed E-state index contributed by atoms with van der Waals surface area (Å²) in [5, 5.41) is 0. The molecule has 5 heteroatoms. The topological polar surface area (TPSA) is 59.5 Å². The van der Waals surface area contributed by atoms with Crippen molar-refractivity contribution in [3.63, 3.8) is 0 Å². The van der Waals surface area contributed by atoms with Crippen molar-refractivity contribution in [2.75, 3.05) is 6.54 Å². The third-order valence-electron chi connectivity index (χ3n) is 4.11. The molecule has 1 saturated heterocycles. The van der Waals surface area contributed by atoms with Gasteiger partial charge >= 0.3 is 0 Å². The zero-order valence-corrected chi connectivity index (χ0v) is 12.5. The van der Waals surface area contributed by atoms with Crippen molar-refractivity contribution in [1.82, 2.24) is 4.90 Å². The average molecular weight is 302 g/mol. The van der Waals surface area contributed by atoms with Crippen LogP contribution in [0.3, 0.4) is 0 Å². The van der Waals surface area contributed by atoms with Crippen molar-refractivity contribution < 1.29 is 13.6 Å². The number of likely N-dealkylation sites (tertiary alicyclic amines) is 1. The molecule has 1 fully saturated rings. The lowest BCUT2D eigenvalue weighted by atomic mass is 10.0. The molecule has 0 unspecified atom stereocenters. The van der Waals surface area contributed by atoms with Crippen molar-refractivity contribution >= 4 is 5.91 Å². The summed E-state index contributed by atoms with van der Waals surface area (Å²) in [6, 6.07) is 9.70. The van der Waals surface area contributed by atoms with Crippen LogP contribution in [0.1, 0.15) is 41.3 Å². The zero-order chi connectivity index (χ0) is 15.7. The molecule has 3 rings (SSSR count). The molecule has 0 aliphatic carbocycles. The Bertz CT molecular complexity index is 683. The van der Waals surface area contributed by atoms with E-state index < -0.39 is 0 Å². The van der Waals surface area contributed by atoms with Crippen molar-refractivity contribution in [1.29, 1.82) is 0 Å². The number of hydrogen-bond donors (Lipinski definition) is 1. The standard InChI is InChI=1S/C17H19FN2O2/c1-11-8-15(13-4-2-3-5-14(13)18)20(10-11)17(21)16-7-6-12(9-19)22-16/h2-7,11,15H,8-10,19H2,1H3/t11-,15-/m1/s1. The number of carbonyl (C=O) groups excluding carboxylic acids is 1. The van der Waals surface area contributed by atoms with Crippen LogP contribution < -0.4 is 5.73 Å². The lowest BCUT2D eigenvalue weighted by Crippen LogP contribution is -2.31. The molecular formula is C17H19FN2O2. The maximum Gasteiger partial charge on any atom is 0.290 e. The van der Waals surface area contributed by atoms with Gasteiger partial charge in [0.1, 0.15) is 11.6 Å². The maximum atomic E-state index is 14.1. The van der Waals surface area contributed by atoms with Gasteiger partial charge < -0.3 is 15.1 Å². The average Bonchev–Trinajstić information content (AvgIpc) is 3.13. The lowest BCUT2D eigenvalue weighted by Gasteiger charge is -2.24. The van der Waals surface area contributed by atoms with Crippen LogP contribution in [0.2, 0.25) is 0 Å². The van der Waals surface area contributed by atoms with Gasteiger partial charge in [-0.3, -0.25) is 4.79 Å². The van der Waals surface area contributed by atoms with Gasteiger partial charge in [-0.15, -0.1) is 0 Å². The van der Waals surface area contributed by atoms with E-state index in [9.17, 15) is 9.18 Å². The van der Waals surface area contributed by atoms with E-state index in [0.717, 1.165) is 6.42 Å². The summed E-state index contributed by atoms with van der Waals surface area (Å²) >= 11 is 0. The van der Waals surface area contributed by atoms with E-state index in [1.54, 1.807) is 35.2 Å². The lowest BCUT2D eigenvalue weighted by molar-refractivity contribution is 0.0696. The van der Waals surface area contributed by atoms with Gasteiger partial charge in [-0.2, -0.15) is 0 Å². The molecule has 2 N–H and O–H groups in total. The number of rotatable bonds is 3. The Hall–Kier alpha value is -2.14. The number of carbonyl (C=O) groups is 1. The van der Waals surface area contributed by atoms with Crippen LogP contribution in [0.15, 0.2) is 40.8 Å². The summed E-state index contributed by atoms with van der Waals surface area (Å²) < 4.78 is 19.5. The predicted molar refractivity (Wildman–Crippen MR) is 80.6 cm³/mol. The van der Waals surface area contributed by atoms with E-state index in [0.29, 0.717) is 23.8 Å². The van der Waals surface area contributed by atoms with E-state index in [-0.39, 0.29) is 30.1 Å². The second kappa shape index (κ2) is 5.93. The van der Waals surface area contributed by atoms with Crippen molar-refractivity contribution in [3.8, 4) is 0 Å². The number of nitrogens with zero attached hydrogens (tertiary/aromatic N) is 1. The zero-order valence-electron chi connectivity index (χ0n) is 12.5. The maximum absolute atomic E-state index is 14.1. The Kier molecular flexibility index (Phi) is 3.98. The quantitative estimate of drug-likeness (QED) is 0.947. The van der Waals surface area contributed by atoms with Crippen molar-refractivity contribution in [2.24, 2.45) is 11.7 Å². The number of hydrogen-bond acceptors (Lipinski definition) is 3. The third-order valence-corrected chi connectivity index (χ3v) is 4.11. The molecule has 4 nitrogen and oxygen atoms in total. The molecule has 1 aliphatic rings. The molecule has 0 radical (unpaired) electrons. The molecule has 116 valence electrons. The van der Waals surface area contributed by atoms with Gasteiger partial charge in [0, 0.05) is 12.1 Å². The van der Waals surface area contributed by atoms with E-state index >= 15 is 0 Å². The summed E-state index contributed by atoms with van der Waals surface area (Å²) in [6.07, 6.45) is 0.747. The first-order valence-electron chi connectivity index (χ1n) is 7.44. The molecule has 1 amide bonds. The SMILES string of the molecule is C[C@@H]1C[C@H](c2ccccc2F)N(C(=O)c2ccc(CN)o2)C1. The molecule has 0 spiro atoms. The van der Waals surface area contributed by atoms with Crippen LogP contribution in [0.4, 0.5) is 4.39 Å². The minimum atomic E-state index is -0.276. The van der Waals surface area contributed by atoms with Crippen LogP contribution >= 0.6 is 0 Å². The number of amides is 1. The second-order valence-corrected chi connectivity index (χ2v) is 5.81. The van der Waals surface area contributed by atoms with Crippen LogP contribution in [-0.4, -0.2) is 17.4 Å². The summed E-state index contributed by atoms with van der Waals surface area (Å²) in [6.45, 7) is 2.91. The monoisotopic (exact) mass is 302 g/mol. The van der Waals surface area contributed by atoms with Crippen LogP contribution in [0.25, 0.3) is 0 Å². The fourth-order valence-corrected chi connectivity index (χ4v) is 3.05. The number of furan rings is 1. The number of halogens is 1. The highest BCUT2D eigenvalue weighted by atomic mass is 19.1. The van der Waals surface area contributed by atoms with Gasteiger partial charge in [-0.1, -0.05) is 25.1 Å². The normalized spacial score (nSPS) is 21.3. The molecule has 0 saturated carbocycles. The van der Waals surface area contributed by atoms with Crippen molar-refractivity contribution in [2.45, 2.75) is 25.9 Å². The molecule has 1 aromatic carbocycles. The predicted octanol–water partition coefficient (Wildman–Crippen LogP) is 3.10. The van der Waals surface area contributed by atoms with Crippen molar-refractivity contribution in [3.05, 3.63) is 59.3 Å². The Morgan fingerprint density at radius 1 is 1.36 bits per heavy atom. The van der Waals surface area contributed by atoms with Gasteiger partial charge in [0.2, 0.25) is 0 Å². The first kappa shape index (κ1) is 14.8. The molecular weight excluding hydrogens is 283 g/mol. The summed E-state index contributed by atoms with van der Waals surface area (Å²) in [5.41, 5.74) is 6.07. The fourth-order valence-electron chi connectivity index (χ4n) is 3.05. The summed E-state index contributed by atoms with van der Waals surface area (Å²) in [4.78, 5) is 14.4. The third kappa shape index (κ3) is 2.64. The van der Waals surface area contributed by atoms with E-state index in [1.807, 2.05) is 0 Å². The van der Waals surface area contributed by atoms with Crippen LogP contribution in [0, 0.1) is 11.7 Å². The summed E-state index contributed by atoms with van der Waals surface area (Å²) in [5.74, 6) is 0.658. The molecule has 22 heavy (non-hydrogen) atoms. The highest BCUT2D eigenvalue weighted by Crippen LogP contribution is 2.37.